The van der Waals surface area contributed by atoms with Gasteiger partial charge in [0.05, 0.1) is 0 Å². The Morgan fingerprint density at radius 3 is 2.06 bits per heavy atom. The summed E-state index contributed by atoms with van der Waals surface area (Å²) in [4.78, 5) is 18.1. The first-order chi connectivity index (χ1) is 16.6. The molecule has 0 fully saturated rings. The van der Waals surface area contributed by atoms with E-state index in [1.165, 1.54) is 0 Å². The summed E-state index contributed by atoms with van der Waals surface area (Å²) < 4.78 is 23.7. The molecular weight excluding hydrogens is 497 g/mol. The number of hydrogen-bond donors (Lipinski definition) is 0. The van der Waals surface area contributed by atoms with Gasteiger partial charge >= 0.3 is 205 Å². The molecule has 0 aliphatic carbocycles. The number of aromatic nitrogens is 1. The zero-order chi connectivity index (χ0) is 24.1. The van der Waals surface area contributed by atoms with E-state index in [1.54, 1.807) is 21.3 Å². The number of rotatable bonds is 9. The van der Waals surface area contributed by atoms with Crippen molar-refractivity contribution in [3.8, 4) is 44.3 Å². The fourth-order valence-electron chi connectivity index (χ4n) is 3.61. The van der Waals surface area contributed by atoms with Gasteiger partial charge in [-0.25, -0.2) is 0 Å². The zero-order valence-electron chi connectivity index (χ0n) is 19.5. The number of nitrogens with zero attached hydrogens (tertiary/aromatic N) is 1. The summed E-state index contributed by atoms with van der Waals surface area (Å²) in [5.41, 5.74) is 3.17. The van der Waals surface area contributed by atoms with Crippen molar-refractivity contribution in [2.45, 2.75) is 6.92 Å². The van der Waals surface area contributed by atoms with Crippen LogP contribution in [-0.2, 0) is 0 Å². The van der Waals surface area contributed by atoms with Crippen LogP contribution in [0.25, 0.3) is 21.3 Å². The van der Waals surface area contributed by atoms with Crippen LogP contribution in [-0.4, -0.2) is 53.2 Å². The van der Waals surface area contributed by atoms with Gasteiger partial charge in [-0.3, -0.25) is 0 Å². The minimum atomic E-state index is -0.328. The maximum atomic E-state index is 13.3. The van der Waals surface area contributed by atoms with Gasteiger partial charge in [-0.05, 0) is 0 Å². The second kappa shape index (κ2) is 10.6. The minimum absolute atomic E-state index is 0.0634. The number of methoxy groups -OCH3 is 3. The van der Waals surface area contributed by atoms with E-state index in [1.807, 2.05) is 73.7 Å². The molecular formula is C27H25NO5Se. The van der Waals surface area contributed by atoms with Gasteiger partial charge in [0, 0.05) is 0 Å². The van der Waals surface area contributed by atoms with Crippen molar-refractivity contribution in [1.82, 2.24) is 4.98 Å². The van der Waals surface area contributed by atoms with Crippen LogP contribution in [0.4, 0.5) is 0 Å². The van der Waals surface area contributed by atoms with Gasteiger partial charge in [0.2, 0.25) is 0 Å². The van der Waals surface area contributed by atoms with Gasteiger partial charge in [-0.1, -0.05) is 0 Å². The average molecular weight is 522 g/mol. The van der Waals surface area contributed by atoms with Crippen molar-refractivity contribution in [3.05, 3.63) is 76.9 Å². The number of ketones is 1. The van der Waals surface area contributed by atoms with Crippen molar-refractivity contribution in [1.29, 1.82) is 0 Å². The Morgan fingerprint density at radius 2 is 1.50 bits per heavy atom. The standard InChI is InChI=1S/C27H25NO5Se/c1-5-33-20-13-11-17(12-14-20)23-26(19-15-21(30-2)25(32-4)22(16-19)31-3)34-27(28-23)24(29)18-9-7-6-8-10-18/h6-16H,5H2,1-4H3. The molecule has 3 aromatic carbocycles. The molecule has 0 aliphatic heterocycles. The van der Waals surface area contributed by atoms with Gasteiger partial charge in [0.25, 0.3) is 0 Å². The van der Waals surface area contributed by atoms with Crippen LogP contribution in [0.1, 0.15) is 21.8 Å². The fourth-order valence-corrected chi connectivity index (χ4v) is 5.78. The molecule has 4 aromatic rings. The Labute approximate surface area is 204 Å². The van der Waals surface area contributed by atoms with E-state index >= 15 is 0 Å². The van der Waals surface area contributed by atoms with Crippen LogP contribution < -0.4 is 18.9 Å². The Hall–Kier alpha value is -3.54. The third-order valence-electron chi connectivity index (χ3n) is 5.22. The molecule has 34 heavy (non-hydrogen) atoms. The SMILES string of the molecule is CCOc1ccc(-c2nc(C(=O)c3ccccc3)[se]c2-c2cc(OC)c(OC)c(OC)c2)cc1. The number of carbonyl (C=O) groups excluding carboxylic acids is 1. The zero-order valence-corrected chi connectivity index (χ0v) is 21.2. The average Bonchev–Trinajstić information content (AvgIpc) is 3.34. The topological polar surface area (TPSA) is 66.9 Å². The molecule has 4 rings (SSSR count). The van der Waals surface area contributed by atoms with Gasteiger partial charge in [0.1, 0.15) is 0 Å². The van der Waals surface area contributed by atoms with E-state index in [2.05, 4.69) is 0 Å². The van der Waals surface area contributed by atoms with Gasteiger partial charge in [-0.2, -0.15) is 0 Å². The van der Waals surface area contributed by atoms with Crippen LogP contribution in [0.5, 0.6) is 23.0 Å². The van der Waals surface area contributed by atoms with Crippen molar-refractivity contribution >= 4 is 20.3 Å². The molecule has 0 spiro atoms. The molecule has 0 unspecified atom stereocenters. The van der Waals surface area contributed by atoms with Crippen molar-refractivity contribution < 1.29 is 23.7 Å². The monoisotopic (exact) mass is 523 g/mol. The van der Waals surface area contributed by atoms with Crippen molar-refractivity contribution in [3.63, 3.8) is 0 Å². The normalized spacial score (nSPS) is 10.6. The van der Waals surface area contributed by atoms with Crippen LogP contribution in [0.2, 0.25) is 0 Å². The summed E-state index contributed by atoms with van der Waals surface area (Å²) in [5, 5.41) is 0. The van der Waals surface area contributed by atoms with Crippen molar-refractivity contribution in [2.75, 3.05) is 27.9 Å². The Kier molecular flexibility index (Phi) is 7.36. The molecule has 0 N–H and O–H groups in total. The Bertz CT molecular complexity index is 1260. The Morgan fingerprint density at radius 1 is 0.853 bits per heavy atom. The van der Waals surface area contributed by atoms with E-state index < -0.39 is 0 Å². The molecule has 1 aromatic heterocycles. The molecule has 1 heterocycles. The molecule has 0 saturated carbocycles. The summed E-state index contributed by atoms with van der Waals surface area (Å²) in [7, 11) is 4.75. The molecule has 174 valence electrons. The molecule has 0 atom stereocenters. The molecule has 0 bridgehead atoms. The third kappa shape index (κ3) is 4.72. The summed E-state index contributed by atoms with van der Waals surface area (Å²) in [6, 6.07) is 20.8. The number of hydrogen-bond acceptors (Lipinski definition) is 6. The van der Waals surface area contributed by atoms with Gasteiger partial charge in [-0.15, -0.1) is 0 Å². The summed E-state index contributed by atoms with van der Waals surface area (Å²) in [6.45, 7) is 2.54. The van der Waals surface area contributed by atoms with E-state index in [-0.39, 0.29) is 20.3 Å². The van der Waals surface area contributed by atoms with Crippen LogP contribution >= 0.6 is 0 Å². The molecule has 6 nitrogen and oxygen atoms in total. The molecule has 0 saturated heterocycles. The summed E-state index contributed by atoms with van der Waals surface area (Å²) >= 11 is -0.328. The molecule has 0 radical (unpaired) electrons. The maximum absolute atomic E-state index is 13.3. The summed E-state index contributed by atoms with van der Waals surface area (Å²) in [5.74, 6) is 2.34. The van der Waals surface area contributed by atoms with Gasteiger partial charge < -0.3 is 0 Å². The molecule has 7 heteroatoms. The first kappa shape index (κ1) is 23.6. The van der Waals surface area contributed by atoms with E-state index in [0.29, 0.717) is 34.0 Å². The molecule has 0 amide bonds. The van der Waals surface area contributed by atoms with Crippen LogP contribution in [0.3, 0.4) is 0 Å². The quantitative estimate of drug-likeness (QED) is 0.224. The van der Waals surface area contributed by atoms with E-state index in [9.17, 15) is 4.79 Å². The predicted octanol–water partition coefficient (Wildman–Crippen LogP) is 5.13. The summed E-state index contributed by atoms with van der Waals surface area (Å²) in [6.07, 6.45) is 0. The van der Waals surface area contributed by atoms with Crippen molar-refractivity contribution in [2.24, 2.45) is 0 Å². The van der Waals surface area contributed by atoms with E-state index in [0.717, 1.165) is 27.0 Å². The third-order valence-corrected chi connectivity index (χ3v) is 7.54. The van der Waals surface area contributed by atoms with E-state index in [4.69, 9.17) is 23.9 Å². The number of ether oxygens (including phenoxy) is 4. The second-order valence-electron chi connectivity index (χ2n) is 7.26. The predicted molar refractivity (Wildman–Crippen MR) is 133 cm³/mol. The molecule has 0 aliphatic rings. The first-order valence-electron chi connectivity index (χ1n) is 10.7. The number of benzene rings is 3. The second-order valence-corrected chi connectivity index (χ2v) is 9.36. The van der Waals surface area contributed by atoms with Crippen LogP contribution in [0, 0.1) is 0 Å². The number of carbonyl (C=O) groups is 1. The fraction of sp³-hybridized carbons (Fsp3) is 0.185. The van der Waals surface area contributed by atoms with Crippen LogP contribution in [0.15, 0.2) is 66.7 Å². The van der Waals surface area contributed by atoms with Gasteiger partial charge in [0.15, 0.2) is 0 Å². The first-order valence-corrected chi connectivity index (χ1v) is 12.4. The Balaban J connectivity index is 1.88.